The Bertz CT molecular complexity index is 1880. The van der Waals surface area contributed by atoms with Crippen LogP contribution in [0.4, 0.5) is 22.0 Å². The molecule has 2 heterocycles. The van der Waals surface area contributed by atoms with Crippen molar-refractivity contribution in [3.8, 4) is 11.1 Å². The van der Waals surface area contributed by atoms with Crippen molar-refractivity contribution in [3.63, 3.8) is 0 Å². The van der Waals surface area contributed by atoms with Gasteiger partial charge in [0.25, 0.3) is 11.5 Å². The maximum absolute atomic E-state index is 14.6. The summed E-state index contributed by atoms with van der Waals surface area (Å²) >= 11 is 0. The molecule has 3 aromatic rings. The van der Waals surface area contributed by atoms with Crippen LogP contribution in [0.2, 0.25) is 0 Å². The van der Waals surface area contributed by atoms with Gasteiger partial charge in [-0.1, -0.05) is 20.3 Å². The number of nitrogens with one attached hydrogen (secondary N) is 2. The summed E-state index contributed by atoms with van der Waals surface area (Å²) in [6.07, 6.45) is 0.658. The van der Waals surface area contributed by atoms with E-state index in [1.54, 1.807) is 26.8 Å². The Morgan fingerprint density at radius 3 is 2.19 bits per heavy atom. The predicted molar refractivity (Wildman–Crippen MR) is 195 cm³/mol. The summed E-state index contributed by atoms with van der Waals surface area (Å²) in [6, 6.07) is 6.76. The number of rotatable bonds is 13. The zero-order valence-corrected chi connectivity index (χ0v) is 31.3. The summed E-state index contributed by atoms with van der Waals surface area (Å²) in [7, 11) is 0. The van der Waals surface area contributed by atoms with E-state index in [0.717, 1.165) is 48.2 Å². The van der Waals surface area contributed by atoms with E-state index in [4.69, 9.17) is 5.11 Å². The number of hydrogen-bond donors (Lipinski definition) is 3. The highest BCUT2D eigenvalue weighted by Gasteiger charge is 2.42. The number of likely N-dealkylation sites (tertiary alicyclic amines) is 1. The number of carbonyl (C=O) groups is 3. The average molecular weight is 761 g/mol. The van der Waals surface area contributed by atoms with Gasteiger partial charge in [0.15, 0.2) is 0 Å². The van der Waals surface area contributed by atoms with E-state index in [9.17, 15) is 41.1 Å². The van der Waals surface area contributed by atoms with Gasteiger partial charge < -0.3 is 25.2 Å². The van der Waals surface area contributed by atoms with E-state index in [0.29, 0.717) is 53.1 Å². The molecule has 14 heteroatoms. The summed E-state index contributed by atoms with van der Waals surface area (Å²) in [4.78, 5) is 49.1. The van der Waals surface area contributed by atoms with Crippen molar-refractivity contribution in [2.75, 3.05) is 26.2 Å². The number of nitrogens with zero attached hydrogens (tertiary/aromatic N) is 2. The van der Waals surface area contributed by atoms with Gasteiger partial charge in [-0.25, -0.2) is 8.78 Å². The Morgan fingerprint density at radius 1 is 0.981 bits per heavy atom. The van der Waals surface area contributed by atoms with Crippen molar-refractivity contribution in [2.24, 2.45) is 11.3 Å². The number of carboxylic acid groups (broad SMARTS) is 1. The Balaban J connectivity index is 0.000000244. The average Bonchev–Trinajstić information content (AvgIpc) is 3.50. The summed E-state index contributed by atoms with van der Waals surface area (Å²) in [5, 5.41) is 14.0. The fraction of sp³-hybridized carbons (Fsp3) is 0.500. The van der Waals surface area contributed by atoms with Gasteiger partial charge in [0.1, 0.15) is 22.9 Å². The molecule has 0 bridgehead atoms. The Kier molecular flexibility index (Phi) is 13.8. The zero-order chi connectivity index (χ0) is 40.0. The summed E-state index contributed by atoms with van der Waals surface area (Å²) < 4.78 is 69.2. The number of carbonyl (C=O) groups excluding carboxylic acids is 2. The van der Waals surface area contributed by atoms with E-state index in [1.165, 1.54) is 37.5 Å². The van der Waals surface area contributed by atoms with Crippen LogP contribution in [0, 0.1) is 43.7 Å². The second-order valence-corrected chi connectivity index (χ2v) is 15.0. The Labute approximate surface area is 311 Å². The monoisotopic (exact) mass is 760 g/mol. The number of aromatic nitrogens is 1. The van der Waals surface area contributed by atoms with E-state index < -0.39 is 47.6 Å². The van der Waals surface area contributed by atoms with Crippen LogP contribution in [0.15, 0.2) is 41.2 Å². The number of aliphatic carboxylic acids is 1. The first-order chi connectivity index (χ1) is 25.4. The standard InChI is InChI=1S/C21H30F3N3O2.C19H19F2NO3/c1-15(2)6-10-25-18(28)16-4-5-17(21(22,23)24)27(19(16)29)13-12-26-11-9-20(14-26)7-3-8-20;1-10-5-14(20)6-11(2)18(10)13-4-12(3)19(21)15(7-13)16(22-9-23)8-17(24)25/h4-5,15H,3,6-14H2,1-2H3,(H,25,28);4-7,9,16H,8H2,1-3H3,(H,22,23)(H,24,25). The fourth-order valence-corrected chi connectivity index (χ4v) is 7.41. The molecular formula is C40H49F5N4O5. The third-order valence-corrected chi connectivity index (χ3v) is 10.4. The van der Waals surface area contributed by atoms with Gasteiger partial charge in [0, 0.05) is 31.7 Å². The van der Waals surface area contributed by atoms with Crippen LogP contribution in [-0.2, 0) is 22.3 Å². The second kappa shape index (κ2) is 17.7. The minimum atomic E-state index is -4.65. The lowest BCUT2D eigenvalue weighted by atomic mass is 9.68. The lowest BCUT2D eigenvalue weighted by molar-refractivity contribution is -0.144. The number of pyridine rings is 1. The van der Waals surface area contributed by atoms with Crippen LogP contribution < -0.4 is 16.2 Å². The predicted octanol–water partition coefficient (Wildman–Crippen LogP) is 7.34. The van der Waals surface area contributed by atoms with Gasteiger partial charge in [0.05, 0.1) is 12.5 Å². The number of benzene rings is 2. The largest absolute Gasteiger partial charge is 0.481 e. The molecule has 2 aromatic carbocycles. The fourth-order valence-electron chi connectivity index (χ4n) is 7.41. The Morgan fingerprint density at radius 2 is 1.65 bits per heavy atom. The first-order valence-electron chi connectivity index (χ1n) is 18.2. The van der Waals surface area contributed by atoms with E-state index in [2.05, 4.69) is 15.5 Å². The smallest absolute Gasteiger partial charge is 0.431 e. The zero-order valence-electron chi connectivity index (χ0n) is 31.3. The van der Waals surface area contributed by atoms with Gasteiger partial charge in [-0.05, 0) is 129 Å². The molecule has 9 nitrogen and oxygen atoms in total. The molecule has 3 N–H and O–H groups in total. The Hall–Kier alpha value is -4.59. The first kappa shape index (κ1) is 42.2. The quantitative estimate of drug-likeness (QED) is 0.124. The summed E-state index contributed by atoms with van der Waals surface area (Å²) in [6.45, 7) is 11.5. The van der Waals surface area contributed by atoms with Gasteiger partial charge in [-0.3, -0.25) is 19.2 Å². The van der Waals surface area contributed by atoms with Crippen LogP contribution in [0.5, 0.6) is 0 Å². The molecule has 2 amide bonds. The van der Waals surface area contributed by atoms with Gasteiger partial charge in [0.2, 0.25) is 6.41 Å². The molecule has 2 fully saturated rings. The second-order valence-electron chi connectivity index (χ2n) is 15.0. The summed E-state index contributed by atoms with van der Waals surface area (Å²) in [5.41, 5.74) is 1.41. The third kappa shape index (κ3) is 10.3. The van der Waals surface area contributed by atoms with E-state index >= 15 is 0 Å². The minimum absolute atomic E-state index is 0.0725. The van der Waals surface area contributed by atoms with Crippen LogP contribution in [0.1, 0.15) is 96.7 Å². The molecule has 1 saturated carbocycles. The molecule has 1 aliphatic carbocycles. The van der Waals surface area contributed by atoms with Gasteiger partial charge in [-0.15, -0.1) is 0 Å². The number of halogens is 5. The van der Waals surface area contributed by atoms with E-state index in [-0.39, 0.29) is 23.5 Å². The molecular weight excluding hydrogens is 711 g/mol. The van der Waals surface area contributed by atoms with Crippen molar-refractivity contribution < 1.29 is 41.4 Å². The summed E-state index contributed by atoms with van der Waals surface area (Å²) in [5.74, 6) is -2.33. The molecule has 294 valence electrons. The number of carboxylic acids is 1. The number of aryl methyl sites for hydroxylation is 3. The van der Waals surface area contributed by atoms with Crippen LogP contribution in [0.3, 0.4) is 0 Å². The van der Waals surface area contributed by atoms with Crippen molar-refractivity contribution in [2.45, 2.75) is 91.9 Å². The maximum Gasteiger partial charge on any atom is 0.431 e. The van der Waals surface area contributed by atoms with Gasteiger partial charge in [-0.2, -0.15) is 13.2 Å². The molecule has 1 aliphatic heterocycles. The molecule has 2 aliphatic rings. The van der Waals surface area contributed by atoms with Crippen molar-refractivity contribution in [1.82, 2.24) is 20.1 Å². The molecule has 54 heavy (non-hydrogen) atoms. The van der Waals surface area contributed by atoms with Crippen molar-refractivity contribution in [1.29, 1.82) is 0 Å². The SMILES string of the molecule is CC(C)CCNC(=O)c1ccc(C(F)(F)F)n(CCN2CCC3(CCC3)C2)c1=O.Cc1cc(-c2c(C)cc(F)cc2C)cc(C(CC(=O)O)NC=O)c1F. The first-order valence-corrected chi connectivity index (χ1v) is 18.2. The van der Waals surface area contributed by atoms with Crippen LogP contribution >= 0.6 is 0 Å². The highest BCUT2D eigenvalue weighted by Crippen LogP contribution is 2.47. The van der Waals surface area contributed by atoms with Crippen molar-refractivity contribution >= 4 is 18.3 Å². The third-order valence-electron chi connectivity index (χ3n) is 10.4. The lowest BCUT2D eigenvalue weighted by Gasteiger charge is -2.38. The normalized spacial score (nSPS) is 15.7. The molecule has 0 radical (unpaired) electrons. The molecule has 1 unspecified atom stereocenters. The number of alkyl halides is 3. The van der Waals surface area contributed by atoms with Crippen LogP contribution in [-0.4, -0.2) is 59.0 Å². The molecule has 1 spiro atoms. The molecule has 1 aromatic heterocycles. The molecule has 1 atom stereocenters. The number of hydrogen-bond acceptors (Lipinski definition) is 5. The molecule has 5 rings (SSSR count). The van der Waals surface area contributed by atoms with Crippen LogP contribution in [0.25, 0.3) is 11.1 Å². The van der Waals surface area contributed by atoms with Crippen molar-refractivity contribution in [3.05, 3.63) is 91.9 Å². The highest BCUT2D eigenvalue weighted by atomic mass is 19.4. The highest BCUT2D eigenvalue weighted by molar-refractivity contribution is 5.93. The van der Waals surface area contributed by atoms with E-state index in [1.807, 2.05) is 13.8 Å². The lowest BCUT2D eigenvalue weighted by Crippen LogP contribution is -2.39. The topological polar surface area (TPSA) is 121 Å². The maximum atomic E-state index is 14.6. The number of amides is 2. The van der Waals surface area contributed by atoms with Gasteiger partial charge >= 0.3 is 12.1 Å². The minimum Gasteiger partial charge on any atom is -0.481 e. The molecule has 1 saturated heterocycles.